The third-order valence-electron chi connectivity index (χ3n) is 6.79. The topological polar surface area (TPSA) is 15.6 Å². The van der Waals surface area contributed by atoms with Gasteiger partial charge in [0.1, 0.15) is 5.84 Å². The van der Waals surface area contributed by atoms with Crippen LogP contribution in [0.15, 0.2) is 64.5 Å². The second-order valence-corrected chi connectivity index (χ2v) is 9.48. The van der Waals surface area contributed by atoms with Crippen LogP contribution in [0.3, 0.4) is 0 Å². The highest BCUT2D eigenvalue weighted by atomic mass is 32.2. The fourth-order valence-electron chi connectivity index (χ4n) is 5.11. The molecule has 3 heteroatoms. The van der Waals surface area contributed by atoms with E-state index in [-0.39, 0.29) is 0 Å². The van der Waals surface area contributed by atoms with Crippen molar-refractivity contribution in [2.24, 2.45) is 10.9 Å². The van der Waals surface area contributed by atoms with E-state index in [0.717, 1.165) is 12.8 Å². The summed E-state index contributed by atoms with van der Waals surface area (Å²) in [5.74, 6) is 1.86. The van der Waals surface area contributed by atoms with Gasteiger partial charge in [-0.1, -0.05) is 55.7 Å². The van der Waals surface area contributed by atoms with Crippen LogP contribution < -0.4 is 4.90 Å². The lowest BCUT2D eigenvalue weighted by Crippen LogP contribution is -2.57. The molecule has 0 amide bonds. The summed E-state index contributed by atoms with van der Waals surface area (Å²) in [4.78, 5) is 9.11. The Labute approximate surface area is 179 Å². The number of benzene rings is 2. The number of rotatable bonds is 4. The fourth-order valence-corrected chi connectivity index (χ4v) is 5.52. The molecule has 2 fully saturated rings. The van der Waals surface area contributed by atoms with Crippen LogP contribution >= 0.6 is 11.8 Å². The summed E-state index contributed by atoms with van der Waals surface area (Å²) in [6, 6.07) is 19.0. The van der Waals surface area contributed by atoms with Crippen molar-refractivity contribution in [1.82, 2.24) is 0 Å². The molecular formula is C26H30N2S. The number of amidine groups is 1. The minimum atomic E-state index is 0.516. The van der Waals surface area contributed by atoms with Crippen LogP contribution in [0.4, 0.5) is 5.69 Å². The molecule has 0 radical (unpaired) electrons. The molecule has 29 heavy (non-hydrogen) atoms. The Kier molecular flexibility index (Phi) is 5.50. The van der Waals surface area contributed by atoms with Gasteiger partial charge in [0.25, 0.3) is 0 Å². The number of aliphatic imine (C=N–C) groups is 1. The molecule has 0 N–H and O–H groups in total. The molecule has 0 bridgehead atoms. The normalized spacial score (nSPS) is 25.7. The lowest BCUT2D eigenvalue weighted by molar-refractivity contribution is 0.426. The van der Waals surface area contributed by atoms with Gasteiger partial charge in [0.05, 0.1) is 6.04 Å². The Morgan fingerprint density at radius 1 is 0.931 bits per heavy atom. The average molecular weight is 403 g/mol. The van der Waals surface area contributed by atoms with Crippen molar-refractivity contribution in [3.63, 3.8) is 0 Å². The van der Waals surface area contributed by atoms with Gasteiger partial charge >= 0.3 is 0 Å². The molecule has 2 aromatic carbocycles. The molecule has 0 spiro atoms. The highest BCUT2D eigenvalue weighted by Crippen LogP contribution is 2.39. The second-order valence-electron chi connectivity index (χ2n) is 8.60. The maximum atomic E-state index is 5.24. The molecule has 150 valence electrons. The zero-order valence-corrected chi connectivity index (χ0v) is 18.1. The van der Waals surface area contributed by atoms with Gasteiger partial charge in [0.2, 0.25) is 0 Å². The van der Waals surface area contributed by atoms with Gasteiger partial charge in [0, 0.05) is 29.0 Å². The molecule has 1 heterocycles. The molecule has 2 aliphatic carbocycles. The fraction of sp³-hybridized carbons (Fsp3) is 0.423. The summed E-state index contributed by atoms with van der Waals surface area (Å²) >= 11 is 1.81. The van der Waals surface area contributed by atoms with Crippen molar-refractivity contribution < 1.29 is 0 Å². The molecule has 2 atom stereocenters. The number of fused-ring (bicyclic) bond motifs is 1. The van der Waals surface area contributed by atoms with E-state index in [4.69, 9.17) is 4.99 Å². The van der Waals surface area contributed by atoms with Crippen molar-refractivity contribution >= 4 is 29.4 Å². The summed E-state index contributed by atoms with van der Waals surface area (Å²) in [5.41, 5.74) is 4.17. The van der Waals surface area contributed by atoms with E-state index in [0.29, 0.717) is 18.0 Å². The molecule has 2 unspecified atom stereocenters. The Morgan fingerprint density at radius 2 is 1.72 bits per heavy atom. The molecule has 5 rings (SSSR count). The summed E-state index contributed by atoms with van der Waals surface area (Å²) < 4.78 is 0. The standard InChI is InChI=1S/C26H30N2S/c1-29-24-15-13-23(14-16-24)28-25(18-26(28)27-22-9-3-2-4-10-22)21-12-11-19-7-5-6-8-20(19)17-21/h5-8,11-16,21-22,25H,2-4,9-10,17-18H2,1H3/b27-26+. The molecular weight excluding hydrogens is 372 g/mol. The SMILES string of the molecule is CSc1ccc(N2/C(=N/C3CCCCC3)CC2C2C=Cc3ccccc3C2)cc1. The van der Waals surface area contributed by atoms with Crippen molar-refractivity contribution in [3.05, 3.63) is 65.7 Å². The lowest BCUT2D eigenvalue weighted by atomic mass is 9.79. The Bertz CT molecular complexity index is 909. The summed E-state index contributed by atoms with van der Waals surface area (Å²) in [5, 5.41) is 0. The van der Waals surface area contributed by atoms with Crippen LogP contribution in [-0.2, 0) is 6.42 Å². The van der Waals surface area contributed by atoms with Gasteiger partial charge < -0.3 is 4.90 Å². The number of thioether (sulfide) groups is 1. The number of nitrogens with zero attached hydrogens (tertiary/aromatic N) is 2. The van der Waals surface area contributed by atoms with Gasteiger partial charge in [-0.2, -0.15) is 0 Å². The highest BCUT2D eigenvalue weighted by molar-refractivity contribution is 7.98. The van der Waals surface area contributed by atoms with Gasteiger partial charge in [0.15, 0.2) is 0 Å². The van der Waals surface area contributed by atoms with E-state index in [9.17, 15) is 0 Å². The van der Waals surface area contributed by atoms with E-state index in [2.05, 4.69) is 71.8 Å². The van der Waals surface area contributed by atoms with Crippen LogP contribution in [0.25, 0.3) is 6.08 Å². The molecule has 1 saturated heterocycles. The summed E-state index contributed by atoms with van der Waals surface area (Å²) in [6.45, 7) is 0. The minimum absolute atomic E-state index is 0.516. The second kappa shape index (κ2) is 8.39. The van der Waals surface area contributed by atoms with Crippen molar-refractivity contribution in [2.75, 3.05) is 11.2 Å². The van der Waals surface area contributed by atoms with Crippen molar-refractivity contribution in [2.45, 2.75) is 61.9 Å². The Hall–Kier alpha value is -2.00. The van der Waals surface area contributed by atoms with E-state index in [1.54, 1.807) is 11.8 Å². The van der Waals surface area contributed by atoms with E-state index < -0.39 is 0 Å². The summed E-state index contributed by atoms with van der Waals surface area (Å²) in [7, 11) is 0. The van der Waals surface area contributed by atoms with Crippen molar-refractivity contribution in [1.29, 1.82) is 0 Å². The minimum Gasteiger partial charge on any atom is -0.326 e. The number of hydrogen-bond donors (Lipinski definition) is 0. The van der Waals surface area contributed by atoms with Gasteiger partial charge in [-0.05, 0) is 60.9 Å². The molecule has 1 aliphatic heterocycles. The van der Waals surface area contributed by atoms with E-state index in [1.165, 1.54) is 59.6 Å². The first-order valence-corrected chi connectivity index (χ1v) is 12.3. The first-order chi connectivity index (χ1) is 14.3. The quantitative estimate of drug-likeness (QED) is 0.535. The molecule has 0 aromatic heterocycles. The highest BCUT2D eigenvalue weighted by Gasteiger charge is 2.40. The third kappa shape index (κ3) is 3.90. The molecule has 1 saturated carbocycles. The third-order valence-corrected chi connectivity index (χ3v) is 7.53. The molecule has 2 aromatic rings. The van der Waals surface area contributed by atoms with E-state index in [1.807, 2.05) is 0 Å². The average Bonchev–Trinajstić information content (AvgIpc) is 2.77. The van der Waals surface area contributed by atoms with E-state index >= 15 is 0 Å². The number of hydrogen-bond acceptors (Lipinski definition) is 2. The van der Waals surface area contributed by atoms with Gasteiger partial charge in [-0.25, -0.2) is 0 Å². The van der Waals surface area contributed by atoms with Crippen LogP contribution in [-0.4, -0.2) is 24.2 Å². The predicted molar refractivity (Wildman–Crippen MR) is 126 cm³/mol. The number of anilines is 1. The molecule has 3 aliphatic rings. The Balaban J connectivity index is 1.41. The monoisotopic (exact) mass is 402 g/mol. The Morgan fingerprint density at radius 3 is 2.52 bits per heavy atom. The molecule has 2 nitrogen and oxygen atoms in total. The lowest BCUT2D eigenvalue weighted by Gasteiger charge is -2.48. The predicted octanol–water partition coefficient (Wildman–Crippen LogP) is 6.60. The van der Waals surface area contributed by atoms with Crippen molar-refractivity contribution in [3.8, 4) is 0 Å². The first kappa shape index (κ1) is 19.0. The van der Waals surface area contributed by atoms with Crippen LogP contribution in [0, 0.1) is 5.92 Å². The zero-order valence-electron chi connectivity index (χ0n) is 17.3. The first-order valence-electron chi connectivity index (χ1n) is 11.1. The van der Waals surface area contributed by atoms with Gasteiger partial charge in [-0.3, -0.25) is 4.99 Å². The maximum Gasteiger partial charge on any atom is 0.106 e. The smallest absolute Gasteiger partial charge is 0.106 e. The van der Waals surface area contributed by atoms with Crippen LogP contribution in [0.2, 0.25) is 0 Å². The maximum absolute atomic E-state index is 5.24. The summed E-state index contributed by atoms with van der Waals surface area (Å²) in [6.07, 6.45) is 15.8. The van der Waals surface area contributed by atoms with Gasteiger partial charge in [-0.15, -0.1) is 11.8 Å². The zero-order chi connectivity index (χ0) is 19.6. The van der Waals surface area contributed by atoms with Crippen LogP contribution in [0.1, 0.15) is 49.7 Å². The largest absolute Gasteiger partial charge is 0.326 e. The van der Waals surface area contributed by atoms with Crippen LogP contribution in [0.5, 0.6) is 0 Å².